The van der Waals surface area contributed by atoms with Crippen molar-refractivity contribution >= 4 is 22.0 Å². The molecule has 0 unspecified atom stereocenters. The van der Waals surface area contributed by atoms with E-state index in [0.717, 1.165) is 10.9 Å². The number of halogens is 1. The van der Waals surface area contributed by atoms with E-state index in [2.05, 4.69) is 21.0 Å². The third-order valence-corrected chi connectivity index (χ3v) is 2.79. The highest BCUT2D eigenvalue weighted by Crippen LogP contribution is 2.22. The Hall–Kier alpha value is -1.04. The van der Waals surface area contributed by atoms with Crippen molar-refractivity contribution in [1.29, 1.82) is 0 Å². The quantitative estimate of drug-likeness (QED) is 0.833. The zero-order chi connectivity index (χ0) is 10.1. The highest BCUT2D eigenvalue weighted by molar-refractivity contribution is 9.10. The fourth-order valence-corrected chi connectivity index (χ4v) is 1.95. The van der Waals surface area contributed by atoms with E-state index in [9.17, 15) is 4.79 Å². The fourth-order valence-electron chi connectivity index (χ4n) is 1.65. The summed E-state index contributed by atoms with van der Waals surface area (Å²) in [6.45, 7) is 1.13. The van der Waals surface area contributed by atoms with E-state index in [1.165, 1.54) is 4.90 Å². The van der Waals surface area contributed by atoms with Gasteiger partial charge in [0.1, 0.15) is 0 Å². The van der Waals surface area contributed by atoms with Crippen molar-refractivity contribution in [2.45, 2.75) is 12.5 Å². The number of amides is 1. The molecule has 1 fully saturated rings. The maximum Gasteiger partial charge on any atom is 0.407 e. The number of carboxylic acid groups (broad SMARTS) is 1. The summed E-state index contributed by atoms with van der Waals surface area (Å²) in [5, 5.41) is 12.9. The average molecular weight is 260 g/mol. The first kappa shape index (κ1) is 9.51. The van der Waals surface area contributed by atoms with Crippen LogP contribution in [0.5, 0.6) is 0 Å². The van der Waals surface area contributed by atoms with Gasteiger partial charge in [0.25, 0.3) is 0 Å². The van der Waals surface area contributed by atoms with E-state index in [-0.39, 0.29) is 6.04 Å². The molecule has 1 aliphatic rings. The molecule has 1 aromatic rings. The van der Waals surface area contributed by atoms with Gasteiger partial charge in [0, 0.05) is 19.3 Å². The average Bonchev–Trinajstić information content (AvgIpc) is 2.70. The minimum atomic E-state index is -0.848. The standard InChI is InChI=1S/C8H10BrN3O2/c9-6-3-10-12(4-6)7-1-2-11(5-7)8(13)14/h3-4,7H,1-2,5H2,(H,13,14)/t7-/m1/s1. The van der Waals surface area contributed by atoms with E-state index in [0.29, 0.717) is 13.1 Å². The van der Waals surface area contributed by atoms with E-state index in [1.807, 2.05) is 10.9 Å². The number of rotatable bonds is 1. The zero-order valence-corrected chi connectivity index (χ0v) is 9.01. The fraction of sp³-hybridized carbons (Fsp3) is 0.500. The maximum absolute atomic E-state index is 10.7. The number of carbonyl (C=O) groups is 1. The van der Waals surface area contributed by atoms with Crippen LogP contribution in [0.1, 0.15) is 12.5 Å². The molecule has 5 nitrogen and oxygen atoms in total. The molecule has 1 N–H and O–H groups in total. The lowest BCUT2D eigenvalue weighted by Crippen LogP contribution is -2.27. The predicted molar refractivity (Wildman–Crippen MR) is 53.2 cm³/mol. The molecule has 1 aliphatic heterocycles. The monoisotopic (exact) mass is 259 g/mol. The Bertz CT molecular complexity index is 352. The summed E-state index contributed by atoms with van der Waals surface area (Å²) in [6.07, 6.45) is 3.57. The van der Waals surface area contributed by atoms with Gasteiger partial charge in [-0.15, -0.1) is 0 Å². The van der Waals surface area contributed by atoms with Crippen molar-refractivity contribution < 1.29 is 9.90 Å². The van der Waals surface area contributed by atoms with E-state index >= 15 is 0 Å². The van der Waals surface area contributed by atoms with E-state index < -0.39 is 6.09 Å². The summed E-state index contributed by atoms with van der Waals surface area (Å²) >= 11 is 3.31. The first-order valence-electron chi connectivity index (χ1n) is 4.34. The maximum atomic E-state index is 10.7. The SMILES string of the molecule is O=C(O)N1CC[C@@H](n2cc(Br)cn2)C1. The van der Waals surface area contributed by atoms with Crippen molar-refractivity contribution in [2.75, 3.05) is 13.1 Å². The Morgan fingerprint density at radius 3 is 3.00 bits per heavy atom. The molecule has 0 bridgehead atoms. The number of nitrogens with zero attached hydrogens (tertiary/aromatic N) is 3. The van der Waals surface area contributed by atoms with Gasteiger partial charge in [0.2, 0.25) is 0 Å². The zero-order valence-electron chi connectivity index (χ0n) is 7.43. The van der Waals surface area contributed by atoms with Crippen LogP contribution in [-0.2, 0) is 0 Å². The predicted octanol–water partition coefficient (Wildman–Crippen LogP) is 1.57. The minimum absolute atomic E-state index is 0.178. The van der Waals surface area contributed by atoms with Gasteiger partial charge in [-0.05, 0) is 22.4 Å². The molecule has 14 heavy (non-hydrogen) atoms. The third kappa shape index (κ3) is 1.75. The number of hydrogen-bond acceptors (Lipinski definition) is 2. The van der Waals surface area contributed by atoms with Crippen LogP contribution in [0.3, 0.4) is 0 Å². The molecular weight excluding hydrogens is 250 g/mol. The molecule has 76 valence electrons. The second-order valence-corrected chi connectivity index (χ2v) is 4.23. The molecular formula is C8H10BrN3O2. The van der Waals surface area contributed by atoms with Gasteiger partial charge in [-0.1, -0.05) is 0 Å². The van der Waals surface area contributed by atoms with Crippen molar-refractivity contribution in [1.82, 2.24) is 14.7 Å². The van der Waals surface area contributed by atoms with Crippen LogP contribution in [0.2, 0.25) is 0 Å². The second kappa shape index (κ2) is 3.61. The largest absolute Gasteiger partial charge is 0.465 e. The molecule has 1 aromatic heterocycles. The summed E-state index contributed by atoms with van der Waals surface area (Å²) in [7, 11) is 0. The first-order valence-corrected chi connectivity index (χ1v) is 5.13. The molecule has 6 heteroatoms. The molecule has 2 heterocycles. The lowest BCUT2D eigenvalue weighted by molar-refractivity contribution is 0.154. The molecule has 0 saturated carbocycles. The van der Waals surface area contributed by atoms with Crippen molar-refractivity contribution in [2.24, 2.45) is 0 Å². The van der Waals surface area contributed by atoms with Crippen LogP contribution in [-0.4, -0.2) is 39.0 Å². The van der Waals surface area contributed by atoms with Crippen molar-refractivity contribution in [3.05, 3.63) is 16.9 Å². The first-order chi connectivity index (χ1) is 6.66. The summed E-state index contributed by atoms with van der Waals surface area (Å²) in [6, 6.07) is 0.178. The van der Waals surface area contributed by atoms with E-state index in [4.69, 9.17) is 5.11 Å². The number of hydrogen-bond donors (Lipinski definition) is 1. The molecule has 0 spiro atoms. The minimum Gasteiger partial charge on any atom is -0.465 e. The summed E-state index contributed by atoms with van der Waals surface area (Å²) in [5.41, 5.74) is 0. The van der Waals surface area contributed by atoms with Gasteiger partial charge in [-0.2, -0.15) is 5.10 Å². The third-order valence-electron chi connectivity index (χ3n) is 2.38. The Morgan fingerprint density at radius 1 is 1.71 bits per heavy atom. The summed E-state index contributed by atoms with van der Waals surface area (Å²) < 4.78 is 2.74. The van der Waals surface area contributed by atoms with Crippen molar-refractivity contribution in [3.8, 4) is 0 Å². The summed E-state index contributed by atoms with van der Waals surface area (Å²) in [5.74, 6) is 0. The second-order valence-electron chi connectivity index (χ2n) is 3.31. The Kier molecular flexibility index (Phi) is 2.45. The van der Waals surface area contributed by atoms with Gasteiger partial charge >= 0.3 is 6.09 Å². The Morgan fingerprint density at radius 2 is 2.50 bits per heavy atom. The summed E-state index contributed by atoms with van der Waals surface area (Å²) in [4.78, 5) is 12.1. The van der Waals surface area contributed by atoms with Crippen LogP contribution in [0.25, 0.3) is 0 Å². The Labute approximate surface area is 89.4 Å². The molecule has 2 rings (SSSR count). The van der Waals surface area contributed by atoms with Crippen LogP contribution in [0, 0.1) is 0 Å². The lowest BCUT2D eigenvalue weighted by atomic mass is 10.3. The Balaban J connectivity index is 2.05. The van der Waals surface area contributed by atoms with E-state index in [1.54, 1.807) is 6.20 Å². The number of aromatic nitrogens is 2. The molecule has 1 atom stereocenters. The van der Waals surface area contributed by atoms with Gasteiger partial charge < -0.3 is 10.0 Å². The van der Waals surface area contributed by atoms with Crippen molar-refractivity contribution in [3.63, 3.8) is 0 Å². The van der Waals surface area contributed by atoms with Crippen LogP contribution in [0.4, 0.5) is 4.79 Å². The molecule has 1 saturated heterocycles. The van der Waals surface area contributed by atoms with Crippen LogP contribution < -0.4 is 0 Å². The van der Waals surface area contributed by atoms with Gasteiger partial charge in [-0.3, -0.25) is 4.68 Å². The molecule has 1 amide bonds. The normalized spacial score (nSPS) is 21.5. The van der Waals surface area contributed by atoms with Gasteiger partial charge in [0.15, 0.2) is 0 Å². The van der Waals surface area contributed by atoms with Crippen LogP contribution in [0.15, 0.2) is 16.9 Å². The topological polar surface area (TPSA) is 58.4 Å². The smallest absolute Gasteiger partial charge is 0.407 e. The lowest BCUT2D eigenvalue weighted by Gasteiger charge is -2.12. The van der Waals surface area contributed by atoms with Crippen LogP contribution >= 0.6 is 15.9 Å². The number of likely N-dealkylation sites (tertiary alicyclic amines) is 1. The highest BCUT2D eigenvalue weighted by Gasteiger charge is 2.27. The molecule has 0 radical (unpaired) electrons. The van der Waals surface area contributed by atoms with Gasteiger partial charge in [0.05, 0.1) is 16.7 Å². The van der Waals surface area contributed by atoms with Gasteiger partial charge in [-0.25, -0.2) is 4.79 Å². The molecule has 0 aromatic carbocycles. The molecule has 0 aliphatic carbocycles. The highest BCUT2D eigenvalue weighted by atomic mass is 79.9.